The minimum absolute atomic E-state index is 0.00976. The first-order valence-corrected chi connectivity index (χ1v) is 10.2. The lowest BCUT2D eigenvalue weighted by molar-refractivity contribution is 0.0904. The molecule has 7 nitrogen and oxygen atoms in total. The Hall–Kier alpha value is -0.930. The standard InChI is InChI=1S/C15H31FN4O3S/c1-4-17-15(18-7-5-6-16)19-8-10-20(11-9-19)24(21,22)13-12-23-14(2)3/h14H,4-13H2,1-3H3,(H,17,18). The summed E-state index contributed by atoms with van der Waals surface area (Å²) in [5.74, 6) is 0.738. The predicted molar refractivity (Wildman–Crippen MR) is 94.6 cm³/mol. The second kappa shape index (κ2) is 10.8. The number of hydrogen-bond donors (Lipinski definition) is 1. The van der Waals surface area contributed by atoms with Crippen molar-refractivity contribution in [1.82, 2.24) is 14.5 Å². The van der Waals surface area contributed by atoms with Crippen molar-refractivity contribution < 1.29 is 17.5 Å². The second-order valence-corrected chi connectivity index (χ2v) is 7.99. The van der Waals surface area contributed by atoms with Gasteiger partial charge in [-0.3, -0.25) is 9.38 Å². The average molecular weight is 367 g/mol. The van der Waals surface area contributed by atoms with Gasteiger partial charge in [0.15, 0.2) is 5.96 Å². The summed E-state index contributed by atoms with van der Waals surface area (Å²) in [5, 5.41) is 3.18. The number of nitrogens with zero attached hydrogens (tertiary/aromatic N) is 3. The van der Waals surface area contributed by atoms with E-state index in [0.29, 0.717) is 39.1 Å². The zero-order valence-corrected chi connectivity index (χ0v) is 15.8. The van der Waals surface area contributed by atoms with Gasteiger partial charge in [0.2, 0.25) is 10.0 Å². The van der Waals surface area contributed by atoms with E-state index in [-0.39, 0.29) is 25.1 Å². The normalized spacial score (nSPS) is 17.5. The molecule has 0 aromatic carbocycles. The molecule has 0 amide bonds. The number of alkyl halides is 1. The van der Waals surface area contributed by atoms with Crippen molar-refractivity contribution in [1.29, 1.82) is 0 Å². The first kappa shape index (κ1) is 21.1. The highest BCUT2D eigenvalue weighted by atomic mass is 32.2. The maximum Gasteiger partial charge on any atom is 0.216 e. The Morgan fingerprint density at radius 1 is 1.29 bits per heavy atom. The van der Waals surface area contributed by atoms with Crippen molar-refractivity contribution >= 4 is 16.0 Å². The molecule has 0 aromatic heterocycles. The van der Waals surface area contributed by atoms with Crippen LogP contribution >= 0.6 is 0 Å². The fourth-order valence-electron chi connectivity index (χ4n) is 2.37. The summed E-state index contributed by atoms with van der Waals surface area (Å²) < 4.78 is 43.7. The zero-order valence-electron chi connectivity index (χ0n) is 15.0. The summed E-state index contributed by atoms with van der Waals surface area (Å²) in [6.45, 7) is 8.74. The van der Waals surface area contributed by atoms with Crippen LogP contribution in [-0.2, 0) is 14.8 Å². The van der Waals surface area contributed by atoms with Crippen LogP contribution in [0.3, 0.4) is 0 Å². The molecule has 0 radical (unpaired) electrons. The van der Waals surface area contributed by atoms with Crippen LogP contribution in [0, 0.1) is 0 Å². The highest BCUT2D eigenvalue weighted by Crippen LogP contribution is 2.09. The first-order valence-electron chi connectivity index (χ1n) is 8.59. The molecule has 1 saturated heterocycles. The Balaban J connectivity index is 2.52. The quantitative estimate of drug-likeness (QED) is 0.369. The fraction of sp³-hybridized carbons (Fsp3) is 0.933. The van der Waals surface area contributed by atoms with Crippen molar-refractivity contribution in [2.45, 2.75) is 33.3 Å². The zero-order chi connectivity index (χ0) is 18.0. The van der Waals surface area contributed by atoms with Gasteiger partial charge >= 0.3 is 0 Å². The minimum atomic E-state index is -3.29. The molecule has 0 spiro atoms. The third-order valence-corrected chi connectivity index (χ3v) is 5.45. The van der Waals surface area contributed by atoms with E-state index in [1.807, 2.05) is 25.7 Å². The maximum atomic E-state index is 12.3. The van der Waals surface area contributed by atoms with Gasteiger partial charge in [0.05, 0.1) is 25.1 Å². The molecule has 24 heavy (non-hydrogen) atoms. The van der Waals surface area contributed by atoms with Crippen molar-refractivity contribution in [2.24, 2.45) is 4.99 Å². The number of ether oxygens (including phenoxy) is 1. The third kappa shape index (κ3) is 7.31. The Morgan fingerprint density at radius 3 is 2.50 bits per heavy atom. The van der Waals surface area contributed by atoms with Crippen molar-refractivity contribution in [3.63, 3.8) is 0 Å². The fourth-order valence-corrected chi connectivity index (χ4v) is 3.65. The van der Waals surface area contributed by atoms with Crippen molar-refractivity contribution in [3.8, 4) is 0 Å². The lowest BCUT2D eigenvalue weighted by Gasteiger charge is -2.35. The van der Waals surface area contributed by atoms with Gasteiger partial charge in [-0.25, -0.2) is 8.42 Å². The van der Waals surface area contributed by atoms with Crippen LogP contribution in [0.4, 0.5) is 4.39 Å². The number of hydrogen-bond acceptors (Lipinski definition) is 4. The molecule has 0 aliphatic carbocycles. The monoisotopic (exact) mass is 366 g/mol. The van der Waals surface area contributed by atoms with Crippen LogP contribution in [0.25, 0.3) is 0 Å². The number of sulfonamides is 1. The minimum Gasteiger partial charge on any atom is -0.378 e. The van der Waals surface area contributed by atoms with Crippen LogP contribution in [0.15, 0.2) is 4.99 Å². The largest absolute Gasteiger partial charge is 0.378 e. The van der Waals surface area contributed by atoms with Crippen LogP contribution in [0.5, 0.6) is 0 Å². The van der Waals surface area contributed by atoms with Gasteiger partial charge in [-0.05, 0) is 27.2 Å². The Kier molecular flexibility index (Phi) is 9.53. The number of aliphatic imine (C=N–C) groups is 1. The molecule has 0 bridgehead atoms. The van der Waals surface area contributed by atoms with E-state index in [1.54, 1.807) is 0 Å². The summed E-state index contributed by atoms with van der Waals surface area (Å²) >= 11 is 0. The first-order chi connectivity index (χ1) is 11.4. The van der Waals surface area contributed by atoms with E-state index >= 15 is 0 Å². The molecule has 1 heterocycles. The third-order valence-electron chi connectivity index (χ3n) is 3.61. The lowest BCUT2D eigenvalue weighted by Crippen LogP contribution is -2.54. The SMILES string of the molecule is CCNC(=NCCCF)N1CCN(S(=O)(=O)CCOC(C)C)CC1. The lowest BCUT2D eigenvalue weighted by atomic mass is 10.4. The van der Waals surface area contributed by atoms with Crippen LogP contribution in [0.1, 0.15) is 27.2 Å². The Bertz CT molecular complexity index is 477. The predicted octanol–water partition coefficient (Wildman–Crippen LogP) is 0.684. The number of piperazine rings is 1. The van der Waals surface area contributed by atoms with E-state index < -0.39 is 10.0 Å². The van der Waals surface area contributed by atoms with Crippen molar-refractivity contribution in [3.05, 3.63) is 0 Å². The van der Waals surface area contributed by atoms with Gasteiger partial charge < -0.3 is 15.0 Å². The number of halogens is 1. The highest BCUT2D eigenvalue weighted by Gasteiger charge is 2.27. The molecule has 0 atom stereocenters. The molecule has 1 rings (SSSR count). The van der Waals surface area contributed by atoms with Crippen LogP contribution < -0.4 is 5.32 Å². The summed E-state index contributed by atoms with van der Waals surface area (Å²) in [5.41, 5.74) is 0. The number of nitrogens with one attached hydrogen (secondary N) is 1. The van der Waals surface area contributed by atoms with Crippen LogP contribution in [0.2, 0.25) is 0 Å². The Morgan fingerprint density at radius 2 is 1.96 bits per heavy atom. The molecule has 142 valence electrons. The molecule has 1 aliphatic rings. The molecule has 0 unspecified atom stereocenters. The summed E-state index contributed by atoms with van der Waals surface area (Å²) in [7, 11) is -3.29. The van der Waals surface area contributed by atoms with Gasteiger partial charge in [-0.2, -0.15) is 4.31 Å². The molecule has 1 aliphatic heterocycles. The topological polar surface area (TPSA) is 74.2 Å². The molecule has 1 fully saturated rings. The number of guanidine groups is 1. The summed E-state index contributed by atoms with van der Waals surface area (Å²) in [6.07, 6.45) is 0.430. The van der Waals surface area contributed by atoms with Crippen molar-refractivity contribution in [2.75, 3.05) is 58.3 Å². The van der Waals surface area contributed by atoms with E-state index in [4.69, 9.17) is 4.74 Å². The molecule has 9 heteroatoms. The molecular formula is C15H31FN4O3S. The maximum absolute atomic E-state index is 12.3. The van der Waals surface area contributed by atoms with E-state index in [9.17, 15) is 12.8 Å². The van der Waals surface area contributed by atoms with Gasteiger partial charge in [0, 0.05) is 39.3 Å². The van der Waals surface area contributed by atoms with E-state index in [2.05, 4.69) is 10.3 Å². The molecular weight excluding hydrogens is 335 g/mol. The van der Waals surface area contributed by atoms with E-state index in [0.717, 1.165) is 12.5 Å². The van der Waals surface area contributed by atoms with Gasteiger partial charge in [0.25, 0.3) is 0 Å². The summed E-state index contributed by atoms with van der Waals surface area (Å²) in [4.78, 5) is 6.41. The smallest absolute Gasteiger partial charge is 0.216 e. The highest BCUT2D eigenvalue weighted by molar-refractivity contribution is 7.89. The van der Waals surface area contributed by atoms with Gasteiger partial charge in [-0.15, -0.1) is 0 Å². The van der Waals surface area contributed by atoms with E-state index in [1.165, 1.54) is 4.31 Å². The number of rotatable bonds is 9. The summed E-state index contributed by atoms with van der Waals surface area (Å²) in [6, 6.07) is 0. The Labute approximate surface area is 145 Å². The molecule has 1 N–H and O–H groups in total. The second-order valence-electron chi connectivity index (χ2n) is 5.90. The molecule has 0 aromatic rings. The van der Waals surface area contributed by atoms with Gasteiger partial charge in [-0.1, -0.05) is 0 Å². The average Bonchev–Trinajstić information content (AvgIpc) is 2.54. The molecule has 0 saturated carbocycles. The van der Waals surface area contributed by atoms with Crippen LogP contribution in [-0.4, -0.2) is 88.0 Å². The van der Waals surface area contributed by atoms with Gasteiger partial charge in [0.1, 0.15) is 0 Å².